The van der Waals surface area contributed by atoms with E-state index in [1.54, 1.807) is 13.3 Å². The summed E-state index contributed by atoms with van der Waals surface area (Å²) < 4.78 is 12.9. The molecular formula is C23H30IN5O2. The van der Waals surface area contributed by atoms with E-state index in [0.717, 1.165) is 24.3 Å². The van der Waals surface area contributed by atoms with E-state index >= 15 is 0 Å². The monoisotopic (exact) mass is 535 g/mol. The number of halogens is 1. The number of nitrogens with one attached hydrogen (secondary N) is 2. The van der Waals surface area contributed by atoms with E-state index in [2.05, 4.69) is 27.9 Å². The van der Waals surface area contributed by atoms with Gasteiger partial charge in [-0.3, -0.25) is 4.68 Å². The van der Waals surface area contributed by atoms with Gasteiger partial charge in [0.2, 0.25) is 0 Å². The topological polar surface area (TPSA) is 72.7 Å². The summed E-state index contributed by atoms with van der Waals surface area (Å²) in [6, 6.07) is 16.0. The second-order valence-electron chi connectivity index (χ2n) is 6.59. The average molecular weight is 535 g/mol. The lowest BCUT2D eigenvalue weighted by Gasteiger charge is -2.15. The highest BCUT2D eigenvalue weighted by Crippen LogP contribution is 2.30. The summed E-state index contributed by atoms with van der Waals surface area (Å²) >= 11 is 0. The summed E-state index contributed by atoms with van der Waals surface area (Å²) in [5, 5.41) is 11.0. The molecule has 7 nitrogen and oxygen atoms in total. The van der Waals surface area contributed by atoms with Crippen LogP contribution in [0.25, 0.3) is 0 Å². The zero-order chi connectivity index (χ0) is 21.2. The maximum Gasteiger partial charge on any atom is 0.196 e. The zero-order valence-electron chi connectivity index (χ0n) is 18.2. The SMILES string of the molecule is CCNC(=NCc1ccccc1Cn1cccn1)Nc1ccc(OC)c(OCC)c1.I. The van der Waals surface area contributed by atoms with Gasteiger partial charge in [-0.05, 0) is 43.2 Å². The molecule has 0 saturated heterocycles. The Kier molecular flexibility index (Phi) is 10.2. The van der Waals surface area contributed by atoms with Crippen LogP contribution in [0.2, 0.25) is 0 Å². The fraction of sp³-hybridized carbons (Fsp3) is 0.304. The number of benzene rings is 2. The van der Waals surface area contributed by atoms with E-state index in [9.17, 15) is 0 Å². The largest absolute Gasteiger partial charge is 0.493 e. The Labute approximate surface area is 200 Å². The second kappa shape index (κ2) is 12.8. The van der Waals surface area contributed by atoms with E-state index in [-0.39, 0.29) is 24.0 Å². The van der Waals surface area contributed by atoms with Crippen molar-refractivity contribution in [2.75, 3.05) is 25.6 Å². The summed E-state index contributed by atoms with van der Waals surface area (Å²) in [5.41, 5.74) is 3.24. The predicted molar refractivity (Wildman–Crippen MR) is 136 cm³/mol. The maximum absolute atomic E-state index is 5.67. The van der Waals surface area contributed by atoms with Gasteiger partial charge in [0.15, 0.2) is 17.5 Å². The second-order valence-corrected chi connectivity index (χ2v) is 6.59. The number of ether oxygens (including phenoxy) is 2. The summed E-state index contributed by atoms with van der Waals surface area (Å²) in [4.78, 5) is 4.78. The molecule has 0 aliphatic carbocycles. The van der Waals surface area contributed by atoms with Crippen molar-refractivity contribution in [3.63, 3.8) is 0 Å². The molecule has 1 aromatic heterocycles. The molecule has 0 amide bonds. The third kappa shape index (κ3) is 7.16. The summed E-state index contributed by atoms with van der Waals surface area (Å²) in [6.07, 6.45) is 3.75. The molecule has 0 atom stereocenters. The van der Waals surface area contributed by atoms with Gasteiger partial charge in [0.05, 0.1) is 26.8 Å². The number of hydrogen-bond donors (Lipinski definition) is 2. The van der Waals surface area contributed by atoms with Crippen molar-refractivity contribution in [3.05, 3.63) is 72.1 Å². The van der Waals surface area contributed by atoms with Gasteiger partial charge in [-0.1, -0.05) is 24.3 Å². The minimum absolute atomic E-state index is 0. The van der Waals surface area contributed by atoms with Gasteiger partial charge in [-0.15, -0.1) is 24.0 Å². The Balaban J connectivity index is 0.00000341. The number of methoxy groups -OCH3 is 1. The molecule has 0 bridgehead atoms. The fourth-order valence-corrected chi connectivity index (χ4v) is 3.07. The number of hydrogen-bond acceptors (Lipinski definition) is 4. The highest BCUT2D eigenvalue weighted by molar-refractivity contribution is 14.0. The Bertz CT molecular complexity index is 960. The molecule has 0 aliphatic rings. The van der Waals surface area contributed by atoms with Gasteiger partial charge >= 0.3 is 0 Å². The Hall–Kier alpha value is -2.75. The first-order valence-corrected chi connectivity index (χ1v) is 10.1. The Morgan fingerprint density at radius 2 is 1.87 bits per heavy atom. The van der Waals surface area contributed by atoms with Crippen molar-refractivity contribution >= 4 is 35.6 Å². The molecule has 1 heterocycles. The number of anilines is 1. The van der Waals surface area contributed by atoms with Crippen LogP contribution in [0, 0.1) is 0 Å². The van der Waals surface area contributed by atoms with Gasteiger partial charge in [0.25, 0.3) is 0 Å². The van der Waals surface area contributed by atoms with Crippen LogP contribution < -0.4 is 20.1 Å². The molecule has 31 heavy (non-hydrogen) atoms. The lowest BCUT2D eigenvalue weighted by Crippen LogP contribution is -2.30. The maximum atomic E-state index is 5.67. The molecule has 0 saturated carbocycles. The standard InChI is InChI=1S/C23H29N5O2.HI/c1-4-24-23(27-20-11-12-21(29-3)22(15-20)30-5-2)25-16-18-9-6-7-10-19(18)17-28-14-8-13-26-28;/h6-15H,4-5,16-17H2,1-3H3,(H2,24,25,27);1H. The van der Waals surface area contributed by atoms with Crippen LogP contribution in [0.4, 0.5) is 5.69 Å². The average Bonchev–Trinajstić information content (AvgIpc) is 3.27. The first-order valence-electron chi connectivity index (χ1n) is 10.1. The van der Waals surface area contributed by atoms with E-state index in [0.29, 0.717) is 30.6 Å². The van der Waals surface area contributed by atoms with Crippen LogP contribution in [0.15, 0.2) is 65.9 Å². The fourth-order valence-electron chi connectivity index (χ4n) is 3.07. The molecule has 2 N–H and O–H groups in total. The number of aliphatic imine (C=N–C) groups is 1. The van der Waals surface area contributed by atoms with Crippen molar-refractivity contribution in [2.24, 2.45) is 4.99 Å². The molecule has 0 aliphatic heterocycles. The van der Waals surface area contributed by atoms with Crippen molar-refractivity contribution in [1.29, 1.82) is 0 Å². The number of guanidine groups is 1. The summed E-state index contributed by atoms with van der Waals surface area (Å²) in [6.45, 7) is 6.60. The van der Waals surface area contributed by atoms with Crippen LogP contribution in [0.5, 0.6) is 11.5 Å². The van der Waals surface area contributed by atoms with Crippen molar-refractivity contribution in [1.82, 2.24) is 15.1 Å². The van der Waals surface area contributed by atoms with Gasteiger partial charge in [-0.2, -0.15) is 5.10 Å². The first kappa shape index (κ1) is 24.5. The van der Waals surface area contributed by atoms with Crippen LogP contribution in [0.3, 0.4) is 0 Å². The van der Waals surface area contributed by atoms with Gasteiger partial charge < -0.3 is 20.1 Å². The quantitative estimate of drug-likeness (QED) is 0.239. The molecule has 166 valence electrons. The van der Waals surface area contributed by atoms with Crippen molar-refractivity contribution in [2.45, 2.75) is 26.9 Å². The van der Waals surface area contributed by atoms with Gasteiger partial charge in [0.1, 0.15) is 0 Å². The third-order valence-electron chi connectivity index (χ3n) is 4.49. The molecule has 2 aromatic carbocycles. The van der Waals surface area contributed by atoms with Crippen molar-refractivity contribution in [3.8, 4) is 11.5 Å². The molecule has 0 fully saturated rings. The van der Waals surface area contributed by atoms with E-state index in [1.165, 1.54) is 5.56 Å². The number of aromatic nitrogens is 2. The number of rotatable bonds is 9. The van der Waals surface area contributed by atoms with E-state index in [4.69, 9.17) is 14.5 Å². The molecule has 0 unspecified atom stereocenters. The first-order chi connectivity index (χ1) is 14.7. The zero-order valence-corrected chi connectivity index (χ0v) is 20.5. The summed E-state index contributed by atoms with van der Waals surface area (Å²) in [7, 11) is 1.64. The highest BCUT2D eigenvalue weighted by atomic mass is 127. The normalized spacial score (nSPS) is 10.9. The molecule has 8 heteroatoms. The minimum atomic E-state index is 0. The van der Waals surface area contributed by atoms with Crippen LogP contribution in [-0.2, 0) is 13.1 Å². The molecule has 0 spiro atoms. The Morgan fingerprint density at radius 3 is 2.55 bits per heavy atom. The summed E-state index contributed by atoms with van der Waals surface area (Å²) in [5.74, 6) is 2.11. The van der Waals surface area contributed by atoms with Crippen molar-refractivity contribution < 1.29 is 9.47 Å². The van der Waals surface area contributed by atoms with Crippen LogP contribution in [0.1, 0.15) is 25.0 Å². The van der Waals surface area contributed by atoms with E-state index in [1.807, 2.05) is 61.1 Å². The molecular weight excluding hydrogens is 505 g/mol. The third-order valence-corrected chi connectivity index (χ3v) is 4.49. The predicted octanol–water partition coefficient (Wildman–Crippen LogP) is 4.53. The lowest BCUT2D eigenvalue weighted by atomic mass is 10.1. The Morgan fingerprint density at radius 1 is 1.06 bits per heavy atom. The highest BCUT2D eigenvalue weighted by Gasteiger charge is 2.08. The van der Waals surface area contributed by atoms with Gasteiger partial charge in [0, 0.05) is 30.7 Å². The lowest BCUT2D eigenvalue weighted by molar-refractivity contribution is 0.311. The van der Waals surface area contributed by atoms with E-state index < -0.39 is 0 Å². The molecule has 3 aromatic rings. The van der Waals surface area contributed by atoms with Crippen LogP contribution >= 0.6 is 24.0 Å². The smallest absolute Gasteiger partial charge is 0.196 e. The van der Waals surface area contributed by atoms with Crippen LogP contribution in [-0.4, -0.2) is 36.0 Å². The number of nitrogens with zero attached hydrogens (tertiary/aromatic N) is 3. The van der Waals surface area contributed by atoms with Gasteiger partial charge in [-0.25, -0.2) is 4.99 Å². The molecule has 3 rings (SSSR count). The minimum Gasteiger partial charge on any atom is -0.493 e. The molecule has 0 radical (unpaired) electrons.